The number of ether oxygens (including phenoxy) is 2. The van der Waals surface area contributed by atoms with Crippen molar-refractivity contribution >= 4 is 29.9 Å². The van der Waals surface area contributed by atoms with Crippen LogP contribution in [0.4, 0.5) is 0 Å². The van der Waals surface area contributed by atoms with E-state index in [0.29, 0.717) is 32.9 Å². The molecule has 21 heavy (non-hydrogen) atoms. The Morgan fingerprint density at radius 1 is 1.24 bits per heavy atom. The van der Waals surface area contributed by atoms with Crippen LogP contribution >= 0.6 is 24.0 Å². The Morgan fingerprint density at radius 2 is 2.10 bits per heavy atom. The number of nitrogens with one attached hydrogen (secondary N) is 2. The highest BCUT2D eigenvalue weighted by molar-refractivity contribution is 14.0. The van der Waals surface area contributed by atoms with Crippen molar-refractivity contribution in [2.24, 2.45) is 4.99 Å². The number of rotatable bonds is 9. The van der Waals surface area contributed by atoms with Crippen molar-refractivity contribution < 1.29 is 9.47 Å². The van der Waals surface area contributed by atoms with Crippen LogP contribution < -0.4 is 10.6 Å². The second-order valence-corrected chi connectivity index (χ2v) is 4.05. The summed E-state index contributed by atoms with van der Waals surface area (Å²) in [5.74, 6) is 0.772. The van der Waals surface area contributed by atoms with Crippen LogP contribution in [0.1, 0.15) is 12.6 Å². The summed E-state index contributed by atoms with van der Waals surface area (Å²) in [7, 11) is 1.66. The van der Waals surface area contributed by atoms with Gasteiger partial charge in [-0.05, 0) is 19.1 Å². The van der Waals surface area contributed by atoms with Crippen molar-refractivity contribution in [2.45, 2.75) is 13.5 Å². The SMILES string of the molecule is CCNC(=NCc1ccccn1)NCCOCCOC.I. The molecule has 1 aromatic rings. The monoisotopic (exact) mass is 408 g/mol. The Balaban J connectivity index is 0.00000400. The van der Waals surface area contributed by atoms with E-state index in [2.05, 4.69) is 20.6 Å². The molecule has 1 rings (SSSR count). The summed E-state index contributed by atoms with van der Waals surface area (Å²) in [4.78, 5) is 8.71. The molecule has 0 bridgehead atoms. The van der Waals surface area contributed by atoms with Gasteiger partial charge in [-0.2, -0.15) is 0 Å². The smallest absolute Gasteiger partial charge is 0.191 e. The van der Waals surface area contributed by atoms with Crippen molar-refractivity contribution in [3.63, 3.8) is 0 Å². The molecule has 0 unspecified atom stereocenters. The van der Waals surface area contributed by atoms with Gasteiger partial charge in [0, 0.05) is 26.4 Å². The quantitative estimate of drug-likeness (QED) is 0.280. The van der Waals surface area contributed by atoms with Gasteiger partial charge in [0.05, 0.1) is 32.1 Å². The third-order valence-electron chi connectivity index (χ3n) is 2.44. The number of guanidine groups is 1. The van der Waals surface area contributed by atoms with Crippen LogP contribution in [0.5, 0.6) is 0 Å². The Labute approximate surface area is 143 Å². The molecular formula is C14H25IN4O2. The third-order valence-corrected chi connectivity index (χ3v) is 2.44. The zero-order chi connectivity index (χ0) is 14.5. The predicted octanol–water partition coefficient (Wildman–Crippen LogP) is 1.42. The van der Waals surface area contributed by atoms with E-state index < -0.39 is 0 Å². The van der Waals surface area contributed by atoms with Gasteiger partial charge in [-0.15, -0.1) is 24.0 Å². The van der Waals surface area contributed by atoms with Gasteiger partial charge in [0.25, 0.3) is 0 Å². The Bertz CT molecular complexity index is 376. The standard InChI is InChI=1S/C14H24N4O2.HI/c1-3-15-14(17-8-9-20-11-10-19-2)18-12-13-6-4-5-7-16-13;/h4-7H,3,8-12H2,1-2H3,(H2,15,17,18);1H. The van der Waals surface area contributed by atoms with Crippen molar-refractivity contribution in [1.29, 1.82) is 0 Å². The lowest BCUT2D eigenvalue weighted by molar-refractivity contribution is 0.0733. The van der Waals surface area contributed by atoms with E-state index in [1.807, 2.05) is 25.1 Å². The number of aromatic nitrogens is 1. The highest BCUT2D eigenvalue weighted by atomic mass is 127. The number of hydrogen-bond donors (Lipinski definition) is 2. The second kappa shape index (κ2) is 14.0. The normalized spacial score (nSPS) is 10.9. The highest BCUT2D eigenvalue weighted by Gasteiger charge is 1.97. The Morgan fingerprint density at radius 3 is 2.76 bits per heavy atom. The average Bonchev–Trinajstić information content (AvgIpc) is 2.49. The van der Waals surface area contributed by atoms with E-state index in [4.69, 9.17) is 9.47 Å². The van der Waals surface area contributed by atoms with Crippen molar-refractivity contribution in [2.75, 3.05) is 40.0 Å². The summed E-state index contributed by atoms with van der Waals surface area (Å²) in [5.41, 5.74) is 0.945. The summed E-state index contributed by atoms with van der Waals surface area (Å²) >= 11 is 0. The fourth-order valence-corrected chi connectivity index (χ4v) is 1.48. The fourth-order valence-electron chi connectivity index (χ4n) is 1.48. The maximum atomic E-state index is 5.38. The molecule has 0 saturated heterocycles. The summed E-state index contributed by atoms with van der Waals surface area (Å²) in [6.45, 7) is 5.97. The van der Waals surface area contributed by atoms with Gasteiger partial charge >= 0.3 is 0 Å². The first-order chi connectivity index (χ1) is 9.86. The number of hydrogen-bond acceptors (Lipinski definition) is 4. The predicted molar refractivity (Wildman–Crippen MR) is 95.2 cm³/mol. The molecule has 0 aliphatic rings. The van der Waals surface area contributed by atoms with Gasteiger partial charge in [0.1, 0.15) is 0 Å². The molecule has 0 fully saturated rings. The van der Waals surface area contributed by atoms with Gasteiger partial charge in [-0.1, -0.05) is 6.07 Å². The van der Waals surface area contributed by atoms with Crippen LogP contribution in [0, 0.1) is 0 Å². The lowest BCUT2D eigenvalue weighted by Crippen LogP contribution is -2.39. The summed E-state index contributed by atoms with van der Waals surface area (Å²) in [6.07, 6.45) is 1.77. The summed E-state index contributed by atoms with van der Waals surface area (Å²) in [5, 5.41) is 6.40. The van der Waals surface area contributed by atoms with Crippen LogP contribution in [-0.4, -0.2) is 51.0 Å². The van der Waals surface area contributed by atoms with Gasteiger partial charge in [0.2, 0.25) is 0 Å². The molecule has 1 heterocycles. The topological polar surface area (TPSA) is 67.8 Å². The minimum absolute atomic E-state index is 0. The maximum Gasteiger partial charge on any atom is 0.191 e. The molecular weight excluding hydrogens is 383 g/mol. The number of halogens is 1. The molecule has 1 aromatic heterocycles. The Hall–Kier alpha value is -0.930. The minimum Gasteiger partial charge on any atom is -0.382 e. The van der Waals surface area contributed by atoms with E-state index in [1.54, 1.807) is 13.3 Å². The number of aliphatic imine (C=N–C) groups is 1. The molecule has 120 valence electrons. The van der Waals surface area contributed by atoms with E-state index in [-0.39, 0.29) is 24.0 Å². The number of pyridine rings is 1. The van der Waals surface area contributed by atoms with E-state index in [0.717, 1.165) is 18.2 Å². The molecule has 0 aliphatic carbocycles. The fraction of sp³-hybridized carbons (Fsp3) is 0.571. The van der Waals surface area contributed by atoms with Crippen LogP contribution in [-0.2, 0) is 16.0 Å². The largest absolute Gasteiger partial charge is 0.382 e. The lowest BCUT2D eigenvalue weighted by Gasteiger charge is -2.11. The summed E-state index contributed by atoms with van der Waals surface area (Å²) in [6, 6.07) is 5.82. The summed E-state index contributed by atoms with van der Waals surface area (Å²) < 4.78 is 10.3. The molecule has 0 spiro atoms. The third kappa shape index (κ3) is 10.4. The molecule has 2 N–H and O–H groups in total. The van der Waals surface area contributed by atoms with Crippen molar-refractivity contribution in [1.82, 2.24) is 15.6 Å². The number of nitrogens with zero attached hydrogens (tertiary/aromatic N) is 2. The van der Waals surface area contributed by atoms with Gasteiger partial charge in [-0.25, -0.2) is 4.99 Å². The lowest BCUT2D eigenvalue weighted by atomic mass is 10.3. The first kappa shape index (κ1) is 20.1. The van der Waals surface area contributed by atoms with E-state index in [9.17, 15) is 0 Å². The first-order valence-corrected chi connectivity index (χ1v) is 6.85. The molecule has 0 saturated carbocycles. The first-order valence-electron chi connectivity index (χ1n) is 6.85. The molecule has 6 nitrogen and oxygen atoms in total. The maximum absolute atomic E-state index is 5.38. The highest BCUT2D eigenvalue weighted by Crippen LogP contribution is 1.95. The van der Waals surface area contributed by atoms with Gasteiger partial charge < -0.3 is 20.1 Å². The minimum atomic E-state index is 0. The second-order valence-electron chi connectivity index (χ2n) is 4.05. The average molecular weight is 408 g/mol. The zero-order valence-corrected chi connectivity index (χ0v) is 15.0. The van der Waals surface area contributed by atoms with Crippen LogP contribution in [0.15, 0.2) is 29.4 Å². The molecule has 7 heteroatoms. The Kier molecular flexibility index (Phi) is 13.4. The number of methoxy groups -OCH3 is 1. The van der Waals surface area contributed by atoms with Gasteiger partial charge in [-0.3, -0.25) is 4.98 Å². The van der Waals surface area contributed by atoms with E-state index >= 15 is 0 Å². The van der Waals surface area contributed by atoms with Gasteiger partial charge in [0.15, 0.2) is 5.96 Å². The van der Waals surface area contributed by atoms with Crippen molar-refractivity contribution in [3.05, 3.63) is 30.1 Å². The molecule has 0 aliphatic heterocycles. The van der Waals surface area contributed by atoms with Crippen LogP contribution in [0.25, 0.3) is 0 Å². The van der Waals surface area contributed by atoms with Crippen molar-refractivity contribution in [3.8, 4) is 0 Å². The molecule has 0 radical (unpaired) electrons. The molecule has 0 aromatic carbocycles. The molecule has 0 atom stereocenters. The van der Waals surface area contributed by atoms with E-state index in [1.165, 1.54) is 0 Å². The van der Waals surface area contributed by atoms with Crippen LogP contribution in [0.3, 0.4) is 0 Å². The molecule has 0 amide bonds. The zero-order valence-electron chi connectivity index (χ0n) is 12.7. The van der Waals surface area contributed by atoms with Crippen LogP contribution in [0.2, 0.25) is 0 Å².